The van der Waals surface area contributed by atoms with Crippen molar-refractivity contribution in [1.82, 2.24) is 15.3 Å². The lowest BCUT2D eigenvalue weighted by molar-refractivity contribution is 0.504. The summed E-state index contributed by atoms with van der Waals surface area (Å²) in [5.74, 6) is -0.431. The predicted molar refractivity (Wildman–Crippen MR) is 81.1 cm³/mol. The van der Waals surface area contributed by atoms with Gasteiger partial charge in [-0.2, -0.15) is 4.39 Å². The van der Waals surface area contributed by atoms with Gasteiger partial charge in [-0.15, -0.1) is 0 Å². The molecule has 2 N–H and O–H groups in total. The molecule has 3 nitrogen and oxygen atoms in total. The van der Waals surface area contributed by atoms with E-state index in [1.54, 1.807) is 12.1 Å². The molecule has 1 atom stereocenters. The third-order valence-corrected chi connectivity index (χ3v) is 4.25. The van der Waals surface area contributed by atoms with Crippen LogP contribution < -0.4 is 5.32 Å². The van der Waals surface area contributed by atoms with Crippen molar-refractivity contribution in [3.8, 4) is 0 Å². The predicted octanol–water partition coefficient (Wildman–Crippen LogP) is 3.59. The molecule has 106 valence electrons. The van der Waals surface area contributed by atoms with Crippen molar-refractivity contribution in [1.29, 1.82) is 0 Å². The number of nitrogens with zero attached hydrogens (tertiary/aromatic N) is 1. The zero-order valence-corrected chi connectivity index (χ0v) is 11.9. The van der Waals surface area contributed by atoms with Crippen LogP contribution in [0.3, 0.4) is 0 Å². The van der Waals surface area contributed by atoms with Crippen LogP contribution in [0, 0.1) is 5.95 Å². The highest BCUT2D eigenvalue weighted by molar-refractivity contribution is 6.31. The van der Waals surface area contributed by atoms with E-state index in [0.717, 1.165) is 29.6 Å². The van der Waals surface area contributed by atoms with Crippen molar-refractivity contribution in [2.45, 2.75) is 12.5 Å². The van der Waals surface area contributed by atoms with Gasteiger partial charge < -0.3 is 10.3 Å². The highest BCUT2D eigenvalue weighted by Crippen LogP contribution is 2.34. The van der Waals surface area contributed by atoms with Crippen molar-refractivity contribution in [2.24, 2.45) is 0 Å². The minimum atomic E-state index is -0.431. The van der Waals surface area contributed by atoms with Gasteiger partial charge in [-0.25, -0.2) is 4.98 Å². The Balaban J connectivity index is 1.92. The molecule has 4 rings (SSSR count). The van der Waals surface area contributed by atoms with Gasteiger partial charge >= 0.3 is 0 Å². The van der Waals surface area contributed by atoms with E-state index in [0.29, 0.717) is 10.6 Å². The minimum absolute atomic E-state index is 0.200. The third-order valence-electron chi connectivity index (χ3n) is 4.01. The first-order valence-corrected chi connectivity index (χ1v) is 7.25. The minimum Gasteiger partial charge on any atom is -0.357 e. The van der Waals surface area contributed by atoms with Crippen molar-refractivity contribution in [3.63, 3.8) is 0 Å². The van der Waals surface area contributed by atoms with E-state index < -0.39 is 5.95 Å². The average Bonchev–Trinajstić information content (AvgIpc) is 2.86. The van der Waals surface area contributed by atoms with E-state index >= 15 is 0 Å². The van der Waals surface area contributed by atoms with Gasteiger partial charge in [0, 0.05) is 39.9 Å². The van der Waals surface area contributed by atoms with Gasteiger partial charge in [-0.05, 0) is 36.2 Å². The molecule has 2 aromatic heterocycles. The largest absolute Gasteiger partial charge is 0.357 e. The number of halogens is 2. The molecule has 1 unspecified atom stereocenters. The molecular formula is C16H13ClFN3. The summed E-state index contributed by atoms with van der Waals surface area (Å²) in [5.41, 5.74) is 3.81. The molecule has 0 spiro atoms. The Morgan fingerprint density at radius 2 is 2.19 bits per heavy atom. The van der Waals surface area contributed by atoms with Crippen LogP contribution in [0.5, 0.6) is 0 Å². The van der Waals surface area contributed by atoms with Gasteiger partial charge in [-0.3, -0.25) is 0 Å². The Morgan fingerprint density at radius 1 is 1.29 bits per heavy atom. The van der Waals surface area contributed by atoms with Gasteiger partial charge in [0.2, 0.25) is 5.95 Å². The van der Waals surface area contributed by atoms with Crippen LogP contribution in [0.1, 0.15) is 22.9 Å². The summed E-state index contributed by atoms with van der Waals surface area (Å²) in [6, 6.07) is 9.12. The van der Waals surface area contributed by atoms with Crippen LogP contribution in [0.2, 0.25) is 5.02 Å². The summed E-state index contributed by atoms with van der Waals surface area (Å²) in [6.45, 7) is 0.797. The average molecular weight is 302 g/mol. The first kappa shape index (κ1) is 12.8. The van der Waals surface area contributed by atoms with E-state index in [9.17, 15) is 4.39 Å². The smallest absolute Gasteiger partial charge is 0.218 e. The third kappa shape index (κ3) is 2.03. The number of aromatic amines is 1. The summed E-state index contributed by atoms with van der Waals surface area (Å²) in [5, 5.41) is 5.20. The van der Waals surface area contributed by atoms with Gasteiger partial charge in [0.05, 0.1) is 6.04 Å². The Labute approximate surface area is 126 Å². The van der Waals surface area contributed by atoms with Crippen molar-refractivity contribution >= 4 is 22.5 Å². The van der Waals surface area contributed by atoms with Gasteiger partial charge in [0.15, 0.2) is 0 Å². The number of H-pyrrole nitrogens is 1. The molecule has 1 aliphatic rings. The molecular weight excluding hydrogens is 289 g/mol. The topological polar surface area (TPSA) is 40.7 Å². The molecule has 3 heterocycles. The van der Waals surface area contributed by atoms with E-state index in [1.807, 2.05) is 18.2 Å². The molecule has 0 radical (unpaired) electrons. The molecule has 0 bridgehead atoms. The maximum Gasteiger partial charge on any atom is 0.218 e. The Bertz CT molecular complexity index is 828. The number of rotatable bonds is 1. The van der Waals surface area contributed by atoms with Crippen LogP contribution in [0.15, 0.2) is 36.5 Å². The SMILES string of the molecule is Fc1ncccc1C1NCCc2c1[nH]c1ccc(Cl)cc21. The Kier molecular flexibility index (Phi) is 2.94. The fourth-order valence-electron chi connectivity index (χ4n) is 3.08. The zero-order chi connectivity index (χ0) is 14.4. The first-order valence-electron chi connectivity index (χ1n) is 6.88. The summed E-state index contributed by atoms with van der Waals surface area (Å²) in [7, 11) is 0. The second-order valence-electron chi connectivity index (χ2n) is 5.23. The summed E-state index contributed by atoms with van der Waals surface area (Å²) < 4.78 is 14.0. The first-order chi connectivity index (χ1) is 10.2. The fraction of sp³-hybridized carbons (Fsp3) is 0.188. The number of hydrogen-bond donors (Lipinski definition) is 2. The van der Waals surface area contributed by atoms with Gasteiger partial charge in [-0.1, -0.05) is 17.7 Å². The number of fused-ring (bicyclic) bond motifs is 3. The lowest BCUT2D eigenvalue weighted by Crippen LogP contribution is -2.31. The quantitative estimate of drug-likeness (QED) is 0.674. The van der Waals surface area contributed by atoms with Crippen molar-refractivity contribution in [3.05, 3.63) is 64.3 Å². The van der Waals surface area contributed by atoms with Crippen LogP contribution in [-0.2, 0) is 6.42 Å². The highest BCUT2D eigenvalue weighted by atomic mass is 35.5. The van der Waals surface area contributed by atoms with Gasteiger partial charge in [0.25, 0.3) is 0 Å². The monoisotopic (exact) mass is 301 g/mol. The molecule has 0 amide bonds. The zero-order valence-electron chi connectivity index (χ0n) is 11.2. The Morgan fingerprint density at radius 3 is 3.05 bits per heavy atom. The fourth-order valence-corrected chi connectivity index (χ4v) is 3.25. The number of benzene rings is 1. The van der Waals surface area contributed by atoms with E-state index in [-0.39, 0.29) is 6.04 Å². The van der Waals surface area contributed by atoms with Crippen molar-refractivity contribution < 1.29 is 4.39 Å². The van der Waals surface area contributed by atoms with Crippen LogP contribution in [0.4, 0.5) is 4.39 Å². The van der Waals surface area contributed by atoms with Crippen molar-refractivity contribution in [2.75, 3.05) is 6.54 Å². The molecule has 1 aliphatic heterocycles. The maximum atomic E-state index is 14.0. The van der Waals surface area contributed by atoms with Crippen LogP contribution in [0.25, 0.3) is 10.9 Å². The molecule has 0 saturated heterocycles. The second kappa shape index (κ2) is 4.83. The summed E-state index contributed by atoms with van der Waals surface area (Å²) >= 11 is 6.10. The number of pyridine rings is 1. The Hall–Kier alpha value is -1.91. The summed E-state index contributed by atoms with van der Waals surface area (Å²) in [6.07, 6.45) is 2.36. The number of nitrogens with one attached hydrogen (secondary N) is 2. The highest BCUT2D eigenvalue weighted by Gasteiger charge is 2.27. The molecule has 3 aromatic rings. The lowest BCUT2D eigenvalue weighted by atomic mass is 9.95. The lowest BCUT2D eigenvalue weighted by Gasteiger charge is -2.24. The molecule has 0 fully saturated rings. The van der Waals surface area contributed by atoms with E-state index in [2.05, 4.69) is 15.3 Å². The van der Waals surface area contributed by atoms with Gasteiger partial charge in [0.1, 0.15) is 0 Å². The molecule has 0 saturated carbocycles. The maximum absolute atomic E-state index is 14.0. The molecule has 21 heavy (non-hydrogen) atoms. The van der Waals surface area contributed by atoms with Crippen LogP contribution in [-0.4, -0.2) is 16.5 Å². The second-order valence-corrected chi connectivity index (χ2v) is 5.66. The summed E-state index contributed by atoms with van der Waals surface area (Å²) in [4.78, 5) is 7.16. The standard InChI is InChI=1S/C16H13ClFN3/c17-9-3-4-13-12(8-9)10-5-7-19-14(15(10)21-13)11-2-1-6-20-16(11)18/h1-4,6,8,14,19,21H,5,7H2. The molecule has 0 aliphatic carbocycles. The van der Waals surface area contributed by atoms with Crippen LogP contribution >= 0.6 is 11.6 Å². The number of aromatic nitrogens is 2. The normalized spacial score (nSPS) is 17.9. The number of hydrogen-bond acceptors (Lipinski definition) is 2. The molecule has 5 heteroatoms. The van der Waals surface area contributed by atoms with E-state index in [4.69, 9.17) is 11.6 Å². The van der Waals surface area contributed by atoms with E-state index in [1.165, 1.54) is 11.8 Å². The molecule has 1 aromatic carbocycles.